The number of thiocarbonyl (C=S) groups is 1. The van der Waals surface area contributed by atoms with Crippen molar-refractivity contribution in [2.75, 3.05) is 12.4 Å². The van der Waals surface area contributed by atoms with Crippen LogP contribution in [0.25, 0.3) is 0 Å². The highest BCUT2D eigenvalue weighted by Gasteiger charge is 2.03. The van der Waals surface area contributed by atoms with Crippen LogP contribution in [0.2, 0.25) is 0 Å². The van der Waals surface area contributed by atoms with Crippen molar-refractivity contribution < 1.29 is 17.7 Å². The standard InChI is InChI=1S/C3H6O4S3/c4-10(5,6)2-1-7-3(8)9/h1-2H2,(H,8,9)(H,4,5,6). The molecule has 0 atom stereocenters. The van der Waals surface area contributed by atoms with Gasteiger partial charge in [-0.2, -0.15) is 8.42 Å². The molecule has 60 valence electrons. The molecule has 0 saturated heterocycles. The van der Waals surface area contributed by atoms with Crippen molar-refractivity contribution in [1.29, 1.82) is 0 Å². The third kappa shape index (κ3) is 8.15. The molecule has 7 heteroatoms. The van der Waals surface area contributed by atoms with Gasteiger partial charge in [0.25, 0.3) is 10.1 Å². The first-order valence-electron chi connectivity index (χ1n) is 2.23. The van der Waals surface area contributed by atoms with Gasteiger partial charge in [-0.25, -0.2) is 0 Å². The van der Waals surface area contributed by atoms with E-state index in [0.717, 1.165) is 0 Å². The molecule has 0 saturated carbocycles. The van der Waals surface area contributed by atoms with E-state index in [0.29, 0.717) is 0 Å². The van der Waals surface area contributed by atoms with Gasteiger partial charge in [0.1, 0.15) is 12.4 Å². The summed E-state index contributed by atoms with van der Waals surface area (Å²) in [6.07, 6.45) is 0. The maximum atomic E-state index is 10.0. The summed E-state index contributed by atoms with van der Waals surface area (Å²) in [7, 11) is -3.94. The van der Waals surface area contributed by atoms with Crippen LogP contribution in [0.1, 0.15) is 0 Å². The van der Waals surface area contributed by atoms with Crippen molar-refractivity contribution in [3.63, 3.8) is 0 Å². The Morgan fingerprint density at radius 3 is 2.50 bits per heavy atom. The summed E-state index contributed by atoms with van der Waals surface area (Å²) in [5, 5.41) is 0. The quantitative estimate of drug-likeness (QED) is 0.386. The van der Waals surface area contributed by atoms with Gasteiger partial charge in [0.2, 0.25) is 4.38 Å². The third-order valence-corrected chi connectivity index (χ3v) is 1.50. The summed E-state index contributed by atoms with van der Waals surface area (Å²) in [6.45, 7) is -0.166. The van der Waals surface area contributed by atoms with E-state index < -0.39 is 15.9 Å². The zero-order valence-corrected chi connectivity index (χ0v) is 7.38. The van der Waals surface area contributed by atoms with Gasteiger partial charge in [0, 0.05) is 0 Å². The summed E-state index contributed by atoms with van der Waals surface area (Å²) >= 11 is 7.91. The number of hydrogen-bond acceptors (Lipinski definition) is 4. The van der Waals surface area contributed by atoms with Crippen molar-refractivity contribution >= 4 is 39.3 Å². The smallest absolute Gasteiger partial charge is 0.268 e. The van der Waals surface area contributed by atoms with Crippen LogP contribution in [0.5, 0.6) is 0 Å². The zero-order chi connectivity index (χ0) is 8.20. The minimum absolute atomic E-state index is 0.0383. The molecule has 4 nitrogen and oxygen atoms in total. The van der Waals surface area contributed by atoms with Crippen LogP contribution in [0.15, 0.2) is 0 Å². The SMILES string of the molecule is O=S(=O)(O)CCOC(=S)S. The largest absolute Gasteiger partial charge is 0.478 e. The zero-order valence-electron chi connectivity index (χ0n) is 4.85. The summed E-state index contributed by atoms with van der Waals surface area (Å²) < 4.78 is 32.6. The number of thiol groups is 1. The van der Waals surface area contributed by atoms with Crippen molar-refractivity contribution in [3.8, 4) is 0 Å². The molecule has 0 aliphatic rings. The lowest BCUT2D eigenvalue weighted by Crippen LogP contribution is -2.11. The monoisotopic (exact) mass is 202 g/mol. The molecule has 10 heavy (non-hydrogen) atoms. The van der Waals surface area contributed by atoms with Crippen molar-refractivity contribution in [2.45, 2.75) is 0 Å². The summed E-state index contributed by atoms with van der Waals surface area (Å²) in [5.41, 5.74) is 0. The Hall–Kier alpha value is 0.150. The molecule has 0 aromatic carbocycles. The van der Waals surface area contributed by atoms with Crippen molar-refractivity contribution in [1.82, 2.24) is 0 Å². The number of hydrogen-bond donors (Lipinski definition) is 2. The van der Waals surface area contributed by atoms with Crippen LogP contribution in [0.3, 0.4) is 0 Å². The first-order chi connectivity index (χ1) is 4.42. The highest BCUT2D eigenvalue weighted by Crippen LogP contribution is 1.89. The molecule has 0 aliphatic heterocycles. The molecule has 0 radical (unpaired) electrons. The molecule has 0 amide bonds. The molecule has 0 bridgehead atoms. The van der Waals surface area contributed by atoms with E-state index in [1.165, 1.54) is 0 Å². The Kier molecular flexibility index (Phi) is 4.18. The van der Waals surface area contributed by atoms with E-state index in [-0.39, 0.29) is 11.0 Å². The lowest BCUT2D eigenvalue weighted by atomic mass is 10.9. The van der Waals surface area contributed by atoms with Gasteiger partial charge < -0.3 is 4.74 Å². The average Bonchev–Trinajstić information content (AvgIpc) is 1.59. The van der Waals surface area contributed by atoms with Crippen LogP contribution in [0, 0.1) is 0 Å². The third-order valence-electron chi connectivity index (χ3n) is 0.567. The fourth-order valence-electron chi connectivity index (χ4n) is 0.234. The minimum atomic E-state index is -3.94. The van der Waals surface area contributed by atoms with Gasteiger partial charge in [-0.15, -0.1) is 0 Å². The summed E-state index contributed by atoms with van der Waals surface area (Å²) in [5.74, 6) is -0.465. The van der Waals surface area contributed by atoms with E-state index in [1.807, 2.05) is 0 Å². The molecule has 0 heterocycles. The van der Waals surface area contributed by atoms with E-state index in [4.69, 9.17) is 4.55 Å². The maximum Gasteiger partial charge on any atom is 0.268 e. The second-order valence-corrected chi connectivity index (χ2v) is 4.05. The van der Waals surface area contributed by atoms with Gasteiger partial charge in [-0.3, -0.25) is 4.55 Å². The minimum Gasteiger partial charge on any atom is -0.478 e. The van der Waals surface area contributed by atoms with Gasteiger partial charge >= 0.3 is 0 Å². The second kappa shape index (κ2) is 4.12. The first kappa shape index (κ1) is 10.2. The predicted octanol–water partition coefficient (Wildman–Crippen LogP) is 0.106. The molecule has 0 rings (SSSR count). The van der Waals surface area contributed by atoms with E-state index in [2.05, 4.69) is 29.6 Å². The molecule has 0 aliphatic carbocycles. The lowest BCUT2D eigenvalue weighted by Gasteiger charge is -1.98. The molecule has 0 aromatic rings. The highest BCUT2D eigenvalue weighted by molar-refractivity contribution is 8.10. The fraction of sp³-hybridized carbons (Fsp3) is 0.667. The average molecular weight is 202 g/mol. The second-order valence-electron chi connectivity index (χ2n) is 1.40. The van der Waals surface area contributed by atoms with Crippen molar-refractivity contribution in [2.24, 2.45) is 0 Å². The normalized spacial score (nSPS) is 11.0. The number of ether oxygens (including phenoxy) is 1. The Labute approximate surface area is 69.7 Å². The Balaban J connectivity index is 3.49. The van der Waals surface area contributed by atoms with Crippen LogP contribution >= 0.6 is 24.8 Å². The molecule has 0 aromatic heterocycles. The van der Waals surface area contributed by atoms with Crippen molar-refractivity contribution in [3.05, 3.63) is 0 Å². The van der Waals surface area contributed by atoms with E-state index in [9.17, 15) is 8.42 Å². The molecule has 0 spiro atoms. The molecular weight excluding hydrogens is 196 g/mol. The van der Waals surface area contributed by atoms with Gasteiger partial charge in [-0.1, -0.05) is 12.6 Å². The summed E-state index contributed by atoms with van der Waals surface area (Å²) in [6, 6.07) is 0. The van der Waals surface area contributed by atoms with E-state index in [1.54, 1.807) is 0 Å². The van der Waals surface area contributed by atoms with Crippen LogP contribution in [-0.2, 0) is 14.9 Å². The number of rotatable bonds is 3. The van der Waals surface area contributed by atoms with Gasteiger partial charge in [0.15, 0.2) is 0 Å². The van der Waals surface area contributed by atoms with Crippen LogP contribution < -0.4 is 0 Å². The fourth-order valence-corrected chi connectivity index (χ4v) is 0.703. The van der Waals surface area contributed by atoms with Crippen LogP contribution in [0.4, 0.5) is 0 Å². The maximum absolute atomic E-state index is 10.0. The molecular formula is C3H6O4S3. The Bertz CT molecular complexity index is 206. The topological polar surface area (TPSA) is 63.6 Å². The van der Waals surface area contributed by atoms with Crippen LogP contribution in [-0.4, -0.2) is 29.7 Å². The van der Waals surface area contributed by atoms with E-state index >= 15 is 0 Å². The Morgan fingerprint density at radius 2 is 2.20 bits per heavy atom. The van der Waals surface area contributed by atoms with Gasteiger partial charge in [-0.05, 0) is 12.2 Å². The Morgan fingerprint density at radius 1 is 1.70 bits per heavy atom. The summed E-state index contributed by atoms with van der Waals surface area (Å²) in [4.78, 5) is 0. The predicted molar refractivity (Wildman–Crippen MR) is 44.0 cm³/mol. The molecule has 0 fully saturated rings. The first-order valence-corrected chi connectivity index (χ1v) is 4.69. The lowest BCUT2D eigenvalue weighted by molar-refractivity contribution is 0.341. The van der Waals surface area contributed by atoms with Gasteiger partial charge in [0.05, 0.1) is 0 Å². The highest BCUT2D eigenvalue weighted by atomic mass is 32.2. The molecule has 1 N–H and O–H groups in total. The molecule has 0 unspecified atom stereocenters.